The molecular formula is C18H18N2O. The molecule has 3 heteroatoms. The van der Waals surface area contributed by atoms with Crippen LogP contribution in [0.3, 0.4) is 0 Å². The first kappa shape index (κ1) is 13.3. The number of hydrogen-bond acceptors (Lipinski definition) is 2. The summed E-state index contributed by atoms with van der Waals surface area (Å²) < 4.78 is 8.05. The zero-order valence-electron chi connectivity index (χ0n) is 12.0. The Hall–Kier alpha value is -2.68. The van der Waals surface area contributed by atoms with Crippen LogP contribution in [0.25, 0.3) is 0 Å². The highest BCUT2D eigenvalue weighted by atomic mass is 16.5. The first-order valence-corrected chi connectivity index (χ1v) is 6.99. The zero-order chi connectivity index (χ0) is 14.5. The number of benzene rings is 2. The molecule has 0 fully saturated rings. The Bertz CT molecular complexity index is 704. The van der Waals surface area contributed by atoms with Crippen molar-refractivity contribution in [3.8, 4) is 11.5 Å². The van der Waals surface area contributed by atoms with Crippen molar-refractivity contribution in [2.24, 2.45) is 7.05 Å². The highest BCUT2D eigenvalue weighted by Crippen LogP contribution is 2.29. The van der Waals surface area contributed by atoms with Gasteiger partial charge in [-0.1, -0.05) is 30.3 Å². The molecule has 0 bridgehead atoms. The van der Waals surface area contributed by atoms with Crippen LogP contribution in [-0.2, 0) is 13.6 Å². The number of nitrogens with zero attached hydrogens (tertiary/aromatic N) is 1. The number of para-hydroxylation sites is 3. The smallest absolute Gasteiger partial charge is 0.150 e. The molecule has 3 rings (SSSR count). The fourth-order valence-corrected chi connectivity index (χ4v) is 2.18. The molecule has 0 saturated carbocycles. The van der Waals surface area contributed by atoms with Gasteiger partial charge in [-0.3, -0.25) is 0 Å². The van der Waals surface area contributed by atoms with Crippen molar-refractivity contribution < 1.29 is 4.74 Å². The molecular weight excluding hydrogens is 260 g/mol. The van der Waals surface area contributed by atoms with Crippen LogP contribution < -0.4 is 10.1 Å². The van der Waals surface area contributed by atoms with Gasteiger partial charge in [0.25, 0.3) is 0 Å². The van der Waals surface area contributed by atoms with Crippen LogP contribution >= 0.6 is 0 Å². The van der Waals surface area contributed by atoms with Crippen LogP contribution in [0.1, 0.15) is 5.69 Å². The summed E-state index contributed by atoms with van der Waals surface area (Å²) in [6.07, 6.45) is 2.05. The van der Waals surface area contributed by atoms with Gasteiger partial charge in [0, 0.05) is 18.9 Å². The van der Waals surface area contributed by atoms with Crippen LogP contribution in [0.4, 0.5) is 5.69 Å². The van der Waals surface area contributed by atoms with Crippen molar-refractivity contribution >= 4 is 5.69 Å². The quantitative estimate of drug-likeness (QED) is 0.747. The molecule has 0 unspecified atom stereocenters. The van der Waals surface area contributed by atoms with Crippen LogP contribution in [0.2, 0.25) is 0 Å². The lowest BCUT2D eigenvalue weighted by Gasteiger charge is -2.13. The molecule has 0 spiro atoms. The second kappa shape index (κ2) is 6.18. The van der Waals surface area contributed by atoms with Gasteiger partial charge in [-0.2, -0.15) is 0 Å². The van der Waals surface area contributed by atoms with Crippen molar-refractivity contribution in [3.05, 3.63) is 78.6 Å². The Labute approximate surface area is 124 Å². The fourth-order valence-electron chi connectivity index (χ4n) is 2.18. The maximum Gasteiger partial charge on any atom is 0.150 e. The summed E-state index contributed by atoms with van der Waals surface area (Å²) in [5.74, 6) is 1.67. The van der Waals surface area contributed by atoms with E-state index in [9.17, 15) is 0 Å². The third-order valence-electron chi connectivity index (χ3n) is 3.37. The molecule has 0 saturated heterocycles. The van der Waals surface area contributed by atoms with E-state index in [1.807, 2.05) is 73.9 Å². The van der Waals surface area contributed by atoms with E-state index in [1.165, 1.54) is 5.69 Å². The average molecular weight is 278 g/mol. The fraction of sp³-hybridized carbons (Fsp3) is 0.111. The van der Waals surface area contributed by atoms with Gasteiger partial charge in [0.05, 0.1) is 12.2 Å². The Morgan fingerprint density at radius 2 is 1.67 bits per heavy atom. The Morgan fingerprint density at radius 3 is 2.43 bits per heavy atom. The molecule has 2 aromatic carbocycles. The number of aromatic nitrogens is 1. The molecule has 3 nitrogen and oxygen atoms in total. The third-order valence-corrected chi connectivity index (χ3v) is 3.37. The Kier molecular flexibility index (Phi) is 3.92. The van der Waals surface area contributed by atoms with Crippen LogP contribution in [0.5, 0.6) is 11.5 Å². The standard InChI is InChI=1S/C18H18N2O/c1-20-13-7-8-15(20)14-19-17-11-5-6-12-18(17)21-16-9-3-2-4-10-16/h2-13,19H,14H2,1H3. The van der Waals surface area contributed by atoms with E-state index in [0.717, 1.165) is 23.7 Å². The molecule has 3 aromatic rings. The van der Waals surface area contributed by atoms with Gasteiger partial charge in [-0.05, 0) is 36.4 Å². The molecule has 0 aliphatic rings. The van der Waals surface area contributed by atoms with Crippen molar-refractivity contribution in [2.45, 2.75) is 6.54 Å². The monoisotopic (exact) mass is 278 g/mol. The molecule has 106 valence electrons. The first-order chi connectivity index (χ1) is 10.3. The van der Waals surface area contributed by atoms with E-state index in [-0.39, 0.29) is 0 Å². The van der Waals surface area contributed by atoms with E-state index >= 15 is 0 Å². The van der Waals surface area contributed by atoms with E-state index in [1.54, 1.807) is 0 Å². The SMILES string of the molecule is Cn1cccc1CNc1ccccc1Oc1ccccc1. The van der Waals surface area contributed by atoms with Crippen LogP contribution in [-0.4, -0.2) is 4.57 Å². The van der Waals surface area contributed by atoms with E-state index in [2.05, 4.69) is 16.0 Å². The molecule has 0 radical (unpaired) electrons. The van der Waals surface area contributed by atoms with Gasteiger partial charge in [-0.25, -0.2) is 0 Å². The average Bonchev–Trinajstić information content (AvgIpc) is 2.93. The maximum atomic E-state index is 5.94. The topological polar surface area (TPSA) is 26.2 Å². The molecule has 0 atom stereocenters. The summed E-state index contributed by atoms with van der Waals surface area (Å²) in [6.45, 7) is 0.763. The lowest BCUT2D eigenvalue weighted by molar-refractivity contribution is 0.484. The molecule has 0 aliphatic carbocycles. The van der Waals surface area contributed by atoms with Gasteiger partial charge in [0.1, 0.15) is 5.75 Å². The minimum absolute atomic E-state index is 0.763. The largest absolute Gasteiger partial charge is 0.455 e. The predicted molar refractivity (Wildman–Crippen MR) is 85.7 cm³/mol. The predicted octanol–water partition coefficient (Wildman–Crippen LogP) is 4.43. The second-order valence-electron chi connectivity index (χ2n) is 4.88. The highest BCUT2D eigenvalue weighted by Gasteiger charge is 2.05. The first-order valence-electron chi connectivity index (χ1n) is 6.99. The lowest BCUT2D eigenvalue weighted by Crippen LogP contribution is -2.04. The van der Waals surface area contributed by atoms with Crippen molar-refractivity contribution in [3.63, 3.8) is 0 Å². The number of nitrogens with one attached hydrogen (secondary N) is 1. The highest BCUT2D eigenvalue weighted by molar-refractivity contribution is 5.57. The van der Waals surface area contributed by atoms with Crippen molar-refractivity contribution in [1.82, 2.24) is 4.57 Å². The summed E-state index contributed by atoms with van der Waals surface area (Å²) in [7, 11) is 2.05. The summed E-state index contributed by atoms with van der Waals surface area (Å²) in [4.78, 5) is 0. The summed E-state index contributed by atoms with van der Waals surface area (Å²) >= 11 is 0. The molecule has 1 N–H and O–H groups in total. The van der Waals surface area contributed by atoms with Crippen LogP contribution in [0.15, 0.2) is 72.9 Å². The number of anilines is 1. The van der Waals surface area contributed by atoms with Crippen molar-refractivity contribution in [1.29, 1.82) is 0 Å². The minimum Gasteiger partial charge on any atom is -0.455 e. The molecule has 1 aromatic heterocycles. The van der Waals surface area contributed by atoms with E-state index < -0.39 is 0 Å². The van der Waals surface area contributed by atoms with E-state index in [4.69, 9.17) is 4.74 Å². The Balaban J connectivity index is 1.75. The van der Waals surface area contributed by atoms with Crippen LogP contribution in [0, 0.1) is 0 Å². The maximum absolute atomic E-state index is 5.94. The molecule has 21 heavy (non-hydrogen) atoms. The van der Waals surface area contributed by atoms with Gasteiger partial charge >= 0.3 is 0 Å². The molecule has 0 amide bonds. The van der Waals surface area contributed by atoms with Crippen molar-refractivity contribution in [2.75, 3.05) is 5.32 Å². The summed E-state index contributed by atoms with van der Waals surface area (Å²) in [5, 5.41) is 3.43. The lowest BCUT2D eigenvalue weighted by atomic mass is 10.2. The number of ether oxygens (including phenoxy) is 1. The van der Waals surface area contributed by atoms with E-state index in [0.29, 0.717) is 0 Å². The Morgan fingerprint density at radius 1 is 0.905 bits per heavy atom. The zero-order valence-corrected chi connectivity index (χ0v) is 12.0. The summed E-state index contributed by atoms with van der Waals surface area (Å²) in [6, 6.07) is 22.0. The molecule has 0 aliphatic heterocycles. The summed E-state index contributed by atoms with van der Waals surface area (Å²) in [5.41, 5.74) is 2.21. The number of rotatable bonds is 5. The van der Waals surface area contributed by atoms with Gasteiger partial charge in [0.15, 0.2) is 5.75 Å². The third kappa shape index (κ3) is 3.26. The number of aryl methyl sites for hydroxylation is 1. The van der Waals surface area contributed by atoms with Gasteiger partial charge in [0.2, 0.25) is 0 Å². The van der Waals surface area contributed by atoms with Gasteiger partial charge < -0.3 is 14.6 Å². The van der Waals surface area contributed by atoms with Gasteiger partial charge in [-0.15, -0.1) is 0 Å². The number of hydrogen-bond donors (Lipinski definition) is 1. The minimum atomic E-state index is 0.763. The second-order valence-corrected chi connectivity index (χ2v) is 4.88. The normalized spacial score (nSPS) is 10.3. The molecule has 1 heterocycles.